The molecular formula is C14H14ClN3. The summed E-state index contributed by atoms with van der Waals surface area (Å²) in [5.74, 6) is 0. The Hall–Kier alpha value is -1.61. The number of anilines is 1. The summed E-state index contributed by atoms with van der Waals surface area (Å²) in [7, 11) is 0. The second kappa shape index (κ2) is 4.58. The van der Waals surface area contributed by atoms with Crippen molar-refractivity contribution in [1.29, 1.82) is 0 Å². The van der Waals surface area contributed by atoms with Gasteiger partial charge < -0.3 is 5.32 Å². The van der Waals surface area contributed by atoms with Crippen LogP contribution in [0.4, 0.5) is 5.69 Å². The van der Waals surface area contributed by atoms with E-state index < -0.39 is 0 Å². The molecular weight excluding hydrogens is 246 g/mol. The molecule has 0 aliphatic heterocycles. The van der Waals surface area contributed by atoms with Gasteiger partial charge in [-0.05, 0) is 43.0 Å². The summed E-state index contributed by atoms with van der Waals surface area (Å²) >= 11 is 6.14. The third kappa shape index (κ3) is 1.95. The van der Waals surface area contributed by atoms with E-state index in [9.17, 15) is 0 Å². The van der Waals surface area contributed by atoms with E-state index in [1.54, 1.807) is 6.20 Å². The highest BCUT2D eigenvalue weighted by atomic mass is 35.5. The van der Waals surface area contributed by atoms with Crippen molar-refractivity contribution in [2.45, 2.75) is 25.8 Å². The van der Waals surface area contributed by atoms with Crippen LogP contribution < -0.4 is 5.32 Å². The summed E-state index contributed by atoms with van der Waals surface area (Å²) in [5, 5.41) is 4.00. The van der Waals surface area contributed by atoms with Gasteiger partial charge in [0.25, 0.3) is 0 Å². The van der Waals surface area contributed by atoms with Crippen molar-refractivity contribution in [3.05, 3.63) is 52.6 Å². The number of hydrogen-bond donors (Lipinski definition) is 1. The Kier molecular flexibility index (Phi) is 2.92. The molecule has 1 aliphatic rings. The molecule has 2 aromatic heterocycles. The van der Waals surface area contributed by atoms with Gasteiger partial charge in [0.2, 0.25) is 0 Å². The van der Waals surface area contributed by atoms with Gasteiger partial charge in [-0.25, -0.2) is 4.98 Å². The molecule has 4 heteroatoms. The predicted octanol–water partition coefficient (Wildman–Crippen LogP) is 3.54. The van der Waals surface area contributed by atoms with Crippen LogP contribution in [-0.4, -0.2) is 9.97 Å². The quantitative estimate of drug-likeness (QED) is 0.839. The number of rotatable bonds is 2. The first-order valence-corrected chi connectivity index (χ1v) is 6.45. The van der Waals surface area contributed by atoms with E-state index in [-0.39, 0.29) is 6.04 Å². The van der Waals surface area contributed by atoms with Crippen molar-refractivity contribution in [1.82, 2.24) is 9.97 Å². The highest BCUT2D eigenvalue weighted by Gasteiger charge is 2.24. The highest BCUT2D eigenvalue weighted by Crippen LogP contribution is 2.34. The molecule has 2 heterocycles. The number of aryl methyl sites for hydroxylation is 2. The zero-order chi connectivity index (χ0) is 12.5. The molecule has 0 saturated heterocycles. The average Bonchev–Trinajstić information content (AvgIpc) is 2.77. The largest absolute Gasteiger partial charge is 0.374 e. The fourth-order valence-electron chi connectivity index (χ4n) is 2.43. The summed E-state index contributed by atoms with van der Waals surface area (Å²) in [6, 6.07) is 6.33. The molecule has 2 aromatic rings. The molecule has 0 fully saturated rings. The molecule has 1 atom stereocenters. The van der Waals surface area contributed by atoms with Gasteiger partial charge in [-0.3, -0.25) is 4.98 Å². The van der Waals surface area contributed by atoms with Crippen LogP contribution in [-0.2, 0) is 6.42 Å². The molecule has 0 saturated carbocycles. The third-order valence-corrected chi connectivity index (χ3v) is 3.68. The number of hydrogen-bond acceptors (Lipinski definition) is 3. The number of pyridine rings is 2. The lowest BCUT2D eigenvalue weighted by molar-refractivity contribution is 0.744. The van der Waals surface area contributed by atoms with Gasteiger partial charge in [0.1, 0.15) is 0 Å². The maximum Gasteiger partial charge on any atom is 0.152 e. The summed E-state index contributed by atoms with van der Waals surface area (Å²) in [6.07, 6.45) is 5.69. The fraction of sp³-hybridized carbons (Fsp3) is 0.286. The molecule has 0 bridgehead atoms. The van der Waals surface area contributed by atoms with Crippen LogP contribution in [0.2, 0.25) is 5.15 Å². The Balaban J connectivity index is 1.91. The standard InChI is InChI=1S/C14H14ClN3/c1-9-6-8-17-14(15)12(9)18-11-5-4-10-3-2-7-16-13(10)11/h2-3,6-8,11,18H,4-5H2,1H3. The van der Waals surface area contributed by atoms with Crippen molar-refractivity contribution < 1.29 is 0 Å². The number of nitrogens with one attached hydrogen (secondary N) is 1. The summed E-state index contributed by atoms with van der Waals surface area (Å²) in [6.45, 7) is 2.03. The zero-order valence-corrected chi connectivity index (χ0v) is 10.9. The zero-order valence-electron chi connectivity index (χ0n) is 10.2. The molecule has 1 N–H and O–H groups in total. The molecule has 1 aliphatic carbocycles. The monoisotopic (exact) mass is 259 g/mol. The minimum absolute atomic E-state index is 0.238. The van der Waals surface area contributed by atoms with Crippen molar-refractivity contribution in [3.8, 4) is 0 Å². The number of aromatic nitrogens is 2. The fourth-order valence-corrected chi connectivity index (χ4v) is 2.69. The summed E-state index contributed by atoms with van der Waals surface area (Å²) in [4.78, 5) is 8.59. The SMILES string of the molecule is Cc1ccnc(Cl)c1NC1CCc2cccnc21. The van der Waals surface area contributed by atoms with Crippen LogP contribution in [0, 0.1) is 6.92 Å². The van der Waals surface area contributed by atoms with E-state index in [0.29, 0.717) is 5.15 Å². The maximum absolute atomic E-state index is 6.14. The molecule has 18 heavy (non-hydrogen) atoms. The van der Waals surface area contributed by atoms with E-state index in [2.05, 4.69) is 21.4 Å². The van der Waals surface area contributed by atoms with Crippen molar-refractivity contribution in [3.63, 3.8) is 0 Å². The van der Waals surface area contributed by atoms with Crippen LogP contribution in [0.25, 0.3) is 0 Å². The summed E-state index contributed by atoms with van der Waals surface area (Å²) < 4.78 is 0. The predicted molar refractivity (Wildman–Crippen MR) is 72.9 cm³/mol. The van der Waals surface area contributed by atoms with Crippen molar-refractivity contribution in [2.75, 3.05) is 5.32 Å². The number of fused-ring (bicyclic) bond motifs is 1. The van der Waals surface area contributed by atoms with E-state index >= 15 is 0 Å². The lowest BCUT2D eigenvalue weighted by Crippen LogP contribution is -2.10. The lowest BCUT2D eigenvalue weighted by Gasteiger charge is -2.17. The van der Waals surface area contributed by atoms with Crippen LogP contribution in [0.15, 0.2) is 30.6 Å². The second-order valence-corrected chi connectivity index (χ2v) is 4.94. The molecule has 0 amide bonds. The third-order valence-electron chi connectivity index (χ3n) is 3.39. The molecule has 0 spiro atoms. The first-order chi connectivity index (χ1) is 8.75. The average molecular weight is 260 g/mol. The Morgan fingerprint density at radius 3 is 3.00 bits per heavy atom. The molecule has 3 nitrogen and oxygen atoms in total. The normalized spacial score (nSPS) is 17.6. The van der Waals surface area contributed by atoms with E-state index in [0.717, 1.165) is 29.8 Å². The van der Waals surface area contributed by atoms with Gasteiger partial charge in [0.15, 0.2) is 5.15 Å². The minimum atomic E-state index is 0.238. The van der Waals surface area contributed by atoms with Gasteiger partial charge in [-0.1, -0.05) is 17.7 Å². The van der Waals surface area contributed by atoms with Gasteiger partial charge in [-0.15, -0.1) is 0 Å². The Bertz CT molecular complexity index is 563. The number of halogens is 1. The van der Waals surface area contributed by atoms with E-state index in [1.165, 1.54) is 5.56 Å². The number of nitrogens with zero attached hydrogens (tertiary/aromatic N) is 2. The molecule has 3 rings (SSSR count). The van der Waals surface area contributed by atoms with Gasteiger partial charge in [-0.2, -0.15) is 0 Å². The Morgan fingerprint density at radius 2 is 2.17 bits per heavy atom. The molecule has 92 valence electrons. The van der Waals surface area contributed by atoms with E-state index in [4.69, 9.17) is 11.6 Å². The minimum Gasteiger partial charge on any atom is -0.374 e. The van der Waals surface area contributed by atoms with Crippen LogP contribution >= 0.6 is 11.6 Å². The Morgan fingerprint density at radius 1 is 1.28 bits per heavy atom. The molecule has 0 aromatic carbocycles. The second-order valence-electron chi connectivity index (χ2n) is 4.58. The maximum atomic E-state index is 6.14. The smallest absolute Gasteiger partial charge is 0.152 e. The topological polar surface area (TPSA) is 37.8 Å². The van der Waals surface area contributed by atoms with Crippen LogP contribution in [0.3, 0.4) is 0 Å². The highest BCUT2D eigenvalue weighted by molar-refractivity contribution is 6.32. The van der Waals surface area contributed by atoms with Crippen molar-refractivity contribution >= 4 is 17.3 Å². The first-order valence-electron chi connectivity index (χ1n) is 6.07. The van der Waals surface area contributed by atoms with Crippen LogP contribution in [0.1, 0.15) is 29.3 Å². The van der Waals surface area contributed by atoms with Gasteiger partial charge >= 0.3 is 0 Å². The first kappa shape index (κ1) is 11.5. The molecule has 1 unspecified atom stereocenters. The lowest BCUT2D eigenvalue weighted by atomic mass is 10.2. The van der Waals surface area contributed by atoms with Crippen LogP contribution in [0.5, 0.6) is 0 Å². The van der Waals surface area contributed by atoms with Crippen molar-refractivity contribution in [2.24, 2.45) is 0 Å². The summed E-state index contributed by atoms with van der Waals surface area (Å²) in [5.41, 5.74) is 4.49. The molecule has 0 radical (unpaired) electrons. The van der Waals surface area contributed by atoms with Gasteiger partial charge in [0.05, 0.1) is 17.4 Å². The van der Waals surface area contributed by atoms with Gasteiger partial charge in [0, 0.05) is 12.4 Å². The Labute approximate surface area is 111 Å². The van der Waals surface area contributed by atoms with E-state index in [1.807, 2.05) is 25.3 Å².